The minimum absolute atomic E-state index is 0.0346. The summed E-state index contributed by atoms with van der Waals surface area (Å²) in [5, 5.41) is 2.55. The van der Waals surface area contributed by atoms with Crippen LogP contribution in [-0.2, 0) is 27.3 Å². The van der Waals surface area contributed by atoms with Gasteiger partial charge in [0.2, 0.25) is 0 Å². The zero-order chi connectivity index (χ0) is 30.0. The quantitative estimate of drug-likeness (QED) is 0.189. The van der Waals surface area contributed by atoms with Gasteiger partial charge in [-0.3, -0.25) is 0 Å². The molecule has 7 heteroatoms. The topological polar surface area (TPSA) is 83.1 Å². The molecule has 3 aromatic carbocycles. The molecule has 1 amide bonds. The molecule has 0 saturated carbocycles. The molecule has 0 aliphatic carbocycles. The molecule has 0 fully saturated rings. The molecule has 0 bridgehead atoms. The Morgan fingerprint density at radius 1 is 0.878 bits per heavy atom. The maximum absolute atomic E-state index is 12.1. The van der Waals surface area contributed by atoms with Crippen LogP contribution in [-0.4, -0.2) is 37.4 Å². The number of esters is 1. The molecule has 0 unspecified atom stereocenters. The Morgan fingerprint density at radius 2 is 1.56 bits per heavy atom. The summed E-state index contributed by atoms with van der Waals surface area (Å²) in [5.41, 5.74) is 6.36. The predicted molar refractivity (Wildman–Crippen MR) is 161 cm³/mol. The van der Waals surface area contributed by atoms with E-state index in [2.05, 4.69) is 63.3 Å². The van der Waals surface area contributed by atoms with Gasteiger partial charge >= 0.3 is 12.1 Å². The van der Waals surface area contributed by atoms with Gasteiger partial charge in [-0.05, 0) is 98.5 Å². The second-order valence-corrected chi connectivity index (χ2v) is 11.5. The summed E-state index contributed by atoms with van der Waals surface area (Å²) >= 11 is 0. The fourth-order valence-corrected chi connectivity index (χ4v) is 4.36. The lowest BCUT2D eigenvalue weighted by Crippen LogP contribution is -2.34. The molecule has 220 valence electrons. The number of aryl methyl sites for hydroxylation is 2. The van der Waals surface area contributed by atoms with E-state index in [9.17, 15) is 9.59 Å². The highest BCUT2D eigenvalue weighted by atomic mass is 16.6. The van der Waals surface area contributed by atoms with Crippen molar-refractivity contribution in [1.29, 1.82) is 0 Å². The molecule has 0 aromatic heterocycles. The number of hydrogen-bond donors (Lipinski definition) is 1. The molecule has 0 spiro atoms. The van der Waals surface area contributed by atoms with Gasteiger partial charge in [0.05, 0.1) is 6.54 Å². The van der Waals surface area contributed by atoms with E-state index in [1.165, 1.54) is 16.7 Å². The van der Waals surface area contributed by atoms with Crippen LogP contribution in [0.4, 0.5) is 4.79 Å². The van der Waals surface area contributed by atoms with Crippen LogP contribution in [0, 0.1) is 13.8 Å². The molecule has 1 N–H and O–H groups in total. The summed E-state index contributed by atoms with van der Waals surface area (Å²) in [6.45, 7) is 14.3. The summed E-state index contributed by atoms with van der Waals surface area (Å²) in [5.74, 6) is 1.34. The number of benzene rings is 3. The van der Waals surface area contributed by atoms with Gasteiger partial charge < -0.3 is 24.3 Å². The van der Waals surface area contributed by atoms with Crippen molar-refractivity contribution in [3.8, 4) is 11.5 Å². The third kappa shape index (κ3) is 10.5. The number of rotatable bonds is 12. The second kappa shape index (κ2) is 14.6. The monoisotopic (exact) mass is 561 g/mol. The number of carbonyl (C=O) groups excluding carboxylic acids is 2. The van der Waals surface area contributed by atoms with E-state index < -0.39 is 17.7 Å². The first-order chi connectivity index (χ1) is 19.4. The molecule has 0 atom stereocenters. The van der Waals surface area contributed by atoms with Gasteiger partial charge in [0.25, 0.3) is 0 Å². The number of ether oxygens (including phenoxy) is 4. The van der Waals surface area contributed by atoms with Crippen molar-refractivity contribution >= 4 is 12.1 Å². The lowest BCUT2D eigenvalue weighted by atomic mass is 9.93. The fourth-order valence-electron chi connectivity index (χ4n) is 4.36. The van der Waals surface area contributed by atoms with Crippen LogP contribution in [0.15, 0.2) is 60.7 Å². The number of amides is 1. The number of hydrogen-bond acceptors (Lipinski definition) is 6. The molecule has 0 heterocycles. The zero-order valence-electron chi connectivity index (χ0n) is 25.3. The third-order valence-corrected chi connectivity index (χ3v) is 6.37. The van der Waals surface area contributed by atoms with Crippen LogP contribution >= 0.6 is 0 Å². The second-order valence-electron chi connectivity index (χ2n) is 11.5. The number of alkyl carbamates (subject to hydrolysis) is 1. The maximum Gasteiger partial charge on any atom is 0.407 e. The Balaban J connectivity index is 1.54. The first-order valence-electron chi connectivity index (χ1n) is 14.1. The SMILES string of the molecule is Cc1cc(OCC(=O)OCCNC(=O)OC(C)(C)C)cc(C)c1Cc1ccc(OCc2ccccc2)c(C(C)C)c1. The first kappa shape index (κ1) is 31.5. The van der Waals surface area contributed by atoms with E-state index in [0.29, 0.717) is 18.3 Å². The fraction of sp³-hybridized carbons (Fsp3) is 0.412. The van der Waals surface area contributed by atoms with E-state index in [4.69, 9.17) is 18.9 Å². The van der Waals surface area contributed by atoms with Gasteiger partial charge in [-0.1, -0.05) is 56.3 Å². The highest BCUT2D eigenvalue weighted by Gasteiger charge is 2.16. The van der Waals surface area contributed by atoms with E-state index in [0.717, 1.165) is 28.9 Å². The van der Waals surface area contributed by atoms with Gasteiger partial charge in [0.15, 0.2) is 6.61 Å². The Kier molecular flexibility index (Phi) is 11.2. The highest BCUT2D eigenvalue weighted by Crippen LogP contribution is 2.31. The van der Waals surface area contributed by atoms with Crippen LogP contribution in [0.25, 0.3) is 0 Å². The first-order valence-corrected chi connectivity index (χ1v) is 14.1. The average Bonchev–Trinajstić information content (AvgIpc) is 2.90. The molecule has 7 nitrogen and oxygen atoms in total. The van der Waals surface area contributed by atoms with Crippen molar-refractivity contribution in [3.63, 3.8) is 0 Å². The number of carbonyl (C=O) groups is 2. The number of nitrogens with one attached hydrogen (secondary N) is 1. The van der Waals surface area contributed by atoms with Crippen molar-refractivity contribution in [1.82, 2.24) is 5.32 Å². The molecule has 0 saturated heterocycles. The summed E-state index contributed by atoms with van der Waals surface area (Å²) in [6, 6.07) is 20.5. The van der Waals surface area contributed by atoms with Crippen LogP contribution < -0.4 is 14.8 Å². The molecule has 0 aliphatic rings. The van der Waals surface area contributed by atoms with Gasteiger partial charge in [0, 0.05) is 0 Å². The Hall–Kier alpha value is -4.00. The lowest BCUT2D eigenvalue weighted by molar-refractivity contribution is -0.145. The van der Waals surface area contributed by atoms with Gasteiger partial charge in [-0.2, -0.15) is 0 Å². The predicted octanol–water partition coefficient (Wildman–Crippen LogP) is 7.04. The summed E-state index contributed by atoms with van der Waals surface area (Å²) < 4.78 is 22.2. The molecule has 41 heavy (non-hydrogen) atoms. The molecular weight excluding hydrogens is 518 g/mol. The molecule has 0 radical (unpaired) electrons. The summed E-state index contributed by atoms with van der Waals surface area (Å²) in [7, 11) is 0. The van der Waals surface area contributed by atoms with Crippen LogP contribution in [0.5, 0.6) is 11.5 Å². The highest BCUT2D eigenvalue weighted by molar-refractivity contribution is 5.71. The smallest absolute Gasteiger partial charge is 0.407 e. The lowest BCUT2D eigenvalue weighted by Gasteiger charge is -2.19. The van der Waals surface area contributed by atoms with Crippen LogP contribution in [0.2, 0.25) is 0 Å². The van der Waals surface area contributed by atoms with Crippen LogP contribution in [0.3, 0.4) is 0 Å². The van der Waals surface area contributed by atoms with Gasteiger partial charge in [-0.15, -0.1) is 0 Å². The summed E-state index contributed by atoms with van der Waals surface area (Å²) in [4.78, 5) is 23.8. The average molecular weight is 562 g/mol. The Labute approximate surface area is 244 Å². The van der Waals surface area contributed by atoms with Crippen molar-refractivity contribution in [3.05, 3.63) is 94.0 Å². The Morgan fingerprint density at radius 3 is 2.20 bits per heavy atom. The van der Waals surface area contributed by atoms with E-state index in [1.807, 2.05) is 30.3 Å². The Bertz CT molecular complexity index is 1290. The van der Waals surface area contributed by atoms with Crippen LogP contribution in [0.1, 0.15) is 73.9 Å². The molecule has 0 aliphatic heterocycles. The van der Waals surface area contributed by atoms with E-state index in [-0.39, 0.29) is 19.8 Å². The van der Waals surface area contributed by atoms with Crippen molar-refractivity contribution < 1.29 is 28.5 Å². The molecular formula is C34H43NO6. The van der Waals surface area contributed by atoms with Crippen molar-refractivity contribution in [2.24, 2.45) is 0 Å². The van der Waals surface area contributed by atoms with Gasteiger partial charge in [-0.25, -0.2) is 9.59 Å². The standard InChI is InChI=1S/C34H43NO6/c1-23(2)29-19-27(13-14-31(29)40-21-26-11-9-8-10-12-26)20-30-24(3)17-28(18-25(30)4)39-22-32(36)38-16-15-35-33(37)41-34(5,6)7/h8-14,17-19,23H,15-16,20-22H2,1-7H3,(H,35,37). The zero-order valence-corrected chi connectivity index (χ0v) is 25.3. The van der Waals surface area contributed by atoms with Crippen molar-refractivity contribution in [2.45, 2.75) is 73.0 Å². The van der Waals surface area contributed by atoms with E-state index in [1.54, 1.807) is 20.8 Å². The van der Waals surface area contributed by atoms with E-state index >= 15 is 0 Å². The largest absolute Gasteiger partial charge is 0.489 e. The maximum atomic E-state index is 12.1. The molecule has 3 rings (SSSR count). The minimum atomic E-state index is -0.584. The van der Waals surface area contributed by atoms with Gasteiger partial charge in [0.1, 0.15) is 30.3 Å². The third-order valence-electron chi connectivity index (χ3n) is 6.37. The minimum Gasteiger partial charge on any atom is -0.489 e. The summed E-state index contributed by atoms with van der Waals surface area (Å²) in [6.07, 6.45) is 0.229. The van der Waals surface area contributed by atoms with Crippen molar-refractivity contribution in [2.75, 3.05) is 19.8 Å². The normalized spacial score (nSPS) is 11.2. The molecule has 3 aromatic rings.